The van der Waals surface area contributed by atoms with E-state index in [1.807, 2.05) is 55.3 Å². The molecule has 6 nitrogen and oxygen atoms in total. The lowest BCUT2D eigenvalue weighted by molar-refractivity contribution is 0.0632. The molecule has 4 rings (SSSR count). The second-order valence-corrected chi connectivity index (χ2v) is 8.32. The average Bonchev–Trinajstić information content (AvgIpc) is 3.17. The molecule has 1 saturated heterocycles. The molecule has 0 spiro atoms. The fourth-order valence-electron chi connectivity index (χ4n) is 3.58. The largest absolute Gasteiger partial charge is 0.494 e. The average molecular weight is 423 g/mol. The van der Waals surface area contributed by atoms with Gasteiger partial charge in [0.15, 0.2) is 0 Å². The van der Waals surface area contributed by atoms with Crippen LogP contribution in [0.15, 0.2) is 48.8 Å². The van der Waals surface area contributed by atoms with E-state index in [1.165, 1.54) is 16.9 Å². The minimum Gasteiger partial charge on any atom is -0.494 e. The molecule has 0 N–H and O–H groups in total. The highest BCUT2D eigenvalue weighted by Crippen LogP contribution is 2.30. The number of hydrogen-bond acceptors (Lipinski definition) is 6. The molecule has 0 radical (unpaired) electrons. The van der Waals surface area contributed by atoms with Crippen LogP contribution in [0.2, 0.25) is 0 Å². The Morgan fingerprint density at radius 3 is 2.57 bits per heavy atom. The van der Waals surface area contributed by atoms with Gasteiger partial charge in [0.25, 0.3) is 5.91 Å². The number of carbonyl (C=O) groups excluding carboxylic acids is 1. The minimum atomic E-state index is 0.0863. The molecule has 30 heavy (non-hydrogen) atoms. The Morgan fingerprint density at radius 1 is 1.13 bits per heavy atom. The maximum atomic E-state index is 13.1. The van der Waals surface area contributed by atoms with Crippen molar-refractivity contribution in [3.8, 4) is 16.3 Å². The van der Waals surface area contributed by atoms with E-state index in [9.17, 15) is 4.79 Å². The van der Waals surface area contributed by atoms with Crippen molar-refractivity contribution >= 4 is 17.2 Å². The number of nitrogens with zero attached hydrogens (tertiary/aromatic N) is 4. The molecule has 2 aromatic heterocycles. The van der Waals surface area contributed by atoms with Gasteiger partial charge in [-0.1, -0.05) is 6.07 Å². The van der Waals surface area contributed by atoms with Gasteiger partial charge in [-0.15, -0.1) is 11.3 Å². The number of ether oxygens (including phenoxy) is 1. The first-order valence-electron chi connectivity index (χ1n) is 10.2. The fourth-order valence-corrected chi connectivity index (χ4v) is 4.62. The lowest BCUT2D eigenvalue weighted by Gasteiger charge is -2.34. The highest BCUT2D eigenvalue weighted by molar-refractivity contribution is 7.17. The summed E-state index contributed by atoms with van der Waals surface area (Å²) in [4.78, 5) is 27.0. The van der Waals surface area contributed by atoms with E-state index in [-0.39, 0.29) is 5.91 Å². The third-order valence-corrected chi connectivity index (χ3v) is 6.39. The number of rotatable bonds is 6. The van der Waals surface area contributed by atoms with Crippen molar-refractivity contribution in [2.75, 3.05) is 32.8 Å². The first kappa shape index (κ1) is 20.5. The summed E-state index contributed by atoms with van der Waals surface area (Å²) in [7, 11) is 0. The van der Waals surface area contributed by atoms with Gasteiger partial charge in [-0.2, -0.15) is 0 Å². The van der Waals surface area contributed by atoms with Crippen molar-refractivity contribution < 1.29 is 9.53 Å². The molecule has 3 heterocycles. The Hall–Kier alpha value is -2.77. The third kappa shape index (κ3) is 4.68. The van der Waals surface area contributed by atoms with Crippen LogP contribution in [0.25, 0.3) is 10.6 Å². The van der Waals surface area contributed by atoms with Gasteiger partial charge in [-0.3, -0.25) is 14.7 Å². The molecule has 7 heteroatoms. The van der Waals surface area contributed by atoms with Gasteiger partial charge in [0.1, 0.15) is 15.6 Å². The molecule has 0 aliphatic carbocycles. The number of pyridine rings is 1. The summed E-state index contributed by atoms with van der Waals surface area (Å²) in [6.07, 6.45) is 3.69. The number of thiazole rings is 1. The Morgan fingerprint density at radius 2 is 1.90 bits per heavy atom. The number of benzene rings is 1. The molecule has 1 fully saturated rings. The van der Waals surface area contributed by atoms with E-state index in [2.05, 4.69) is 20.9 Å². The SMILES string of the molecule is CCOc1ccc(-c2nc(C)c(C(=O)N3CCN(Cc4cccnc4)CC3)s2)cc1. The summed E-state index contributed by atoms with van der Waals surface area (Å²) in [5.41, 5.74) is 3.01. The molecule has 0 saturated carbocycles. The topological polar surface area (TPSA) is 58.6 Å². The van der Waals surface area contributed by atoms with Gasteiger partial charge in [0.05, 0.1) is 12.3 Å². The Balaban J connectivity index is 1.39. The lowest BCUT2D eigenvalue weighted by atomic mass is 10.2. The smallest absolute Gasteiger partial charge is 0.265 e. The second-order valence-electron chi connectivity index (χ2n) is 7.32. The highest BCUT2D eigenvalue weighted by Gasteiger charge is 2.25. The van der Waals surface area contributed by atoms with Crippen molar-refractivity contribution in [1.82, 2.24) is 19.8 Å². The summed E-state index contributed by atoms with van der Waals surface area (Å²) in [6.45, 7) is 8.59. The van der Waals surface area contributed by atoms with E-state index in [0.717, 1.165) is 59.6 Å². The zero-order valence-corrected chi connectivity index (χ0v) is 18.2. The summed E-state index contributed by atoms with van der Waals surface area (Å²) in [5.74, 6) is 0.929. The Labute approximate surface area is 181 Å². The van der Waals surface area contributed by atoms with Crippen LogP contribution >= 0.6 is 11.3 Å². The lowest BCUT2D eigenvalue weighted by Crippen LogP contribution is -2.48. The molecule has 0 bridgehead atoms. The molecule has 1 aromatic carbocycles. The highest BCUT2D eigenvalue weighted by atomic mass is 32.1. The molecular formula is C23H26N4O2S. The van der Waals surface area contributed by atoms with Crippen LogP contribution < -0.4 is 4.74 Å². The molecule has 1 aliphatic heterocycles. The Bertz CT molecular complexity index is 980. The second kappa shape index (κ2) is 9.36. The molecular weight excluding hydrogens is 396 g/mol. The number of aromatic nitrogens is 2. The molecule has 3 aromatic rings. The Kier molecular flexibility index (Phi) is 6.40. The summed E-state index contributed by atoms with van der Waals surface area (Å²) >= 11 is 1.47. The van der Waals surface area contributed by atoms with E-state index in [0.29, 0.717) is 6.61 Å². The van der Waals surface area contributed by atoms with Crippen LogP contribution in [0.3, 0.4) is 0 Å². The fraction of sp³-hybridized carbons (Fsp3) is 0.348. The first-order chi connectivity index (χ1) is 14.6. The van der Waals surface area contributed by atoms with Gasteiger partial charge in [0, 0.05) is 50.7 Å². The summed E-state index contributed by atoms with van der Waals surface area (Å²) < 4.78 is 5.50. The van der Waals surface area contributed by atoms with E-state index in [4.69, 9.17) is 4.74 Å². The monoisotopic (exact) mass is 422 g/mol. The zero-order valence-electron chi connectivity index (χ0n) is 17.4. The van der Waals surface area contributed by atoms with Crippen LogP contribution in [0.1, 0.15) is 27.9 Å². The molecule has 1 amide bonds. The predicted molar refractivity (Wildman–Crippen MR) is 119 cm³/mol. The van der Waals surface area contributed by atoms with E-state index < -0.39 is 0 Å². The van der Waals surface area contributed by atoms with Crippen molar-refractivity contribution in [2.45, 2.75) is 20.4 Å². The summed E-state index contributed by atoms with van der Waals surface area (Å²) in [5, 5.41) is 0.870. The molecule has 0 unspecified atom stereocenters. The van der Waals surface area contributed by atoms with Gasteiger partial charge >= 0.3 is 0 Å². The van der Waals surface area contributed by atoms with Crippen LogP contribution in [-0.2, 0) is 6.54 Å². The van der Waals surface area contributed by atoms with Crippen LogP contribution in [0, 0.1) is 6.92 Å². The van der Waals surface area contributed by atoms with Crippen LogP contribution in [0.5, 0.6) is 5.75 Å². The van der Waals surface area contributed by atoms with E-state index in [1.54, 1.807) is 6.20 Å². The molecule has 1 aliphatic rings. The first-order valence-corrected chi connectivity index (χ1v) is 11.1. The van der Waals surface area contributed by atoms with Crippen molar-refractivity contribution in [3.63, 3.8) is 0 Å². The minimum absolute atomic E-state index is 0.0863. The quantitative estimate of drug-likeness (QED) is 0.604. The van der Waals surface area contributed by atoms with Crippen molar-refractivity contribution in [1.29, 1.82) is 0 Å². The maximum absolute atomic E-state index is 13.1. The third-order valence-electron chi connectivity index (χ3n) is 5.19. The normalized spacial score (nSPS) is 14.7. The molecule has 0 atom stereocenters. The van der Waals surface area contributed by atoms with Gasteiger partial charge in [0.2, 0.25) is 0 Å². The number of hydrogen-bond donors (Lipinski definition) is 0. The standard InChI is InChI=1S/C23H26N4O2S/c1-3-29-20-8-6-19(7-9-20)22-25-17(2)21(30-22)23(28)27-13-11-26(12-14-27)16-18-5-4-10-24-15-18/h4-10,15H,3,11-14,16H2,1-2H3. The number of carbonyl (C=O) groups is 1. The predicted octanol–water partition coefficient (Wildman–Crippen LogP) is 3.87. The maximum Gasteiger partial charge on any atom is 0.265 e. The zero-order chi connectivity index (χ0) is 20.9. The number of amides is 1. The molecule has 156 valence electrons. The van der Waals surface area contributed by atoms with Crippen molar-refractivity contribution in [3.05, 3.63) is 64.9 Å². The summed E-state index contributed by atoms with van der Waals surface area (Å²) in [6, 6.07) is 11.9. The van der Waals surface area contributed by atoms with Crippen molar-refractivity contribution in [2.24, 2.45) is 0 Å². The van der Waals surface area contributed by atoms with Gasteiger partial charge in [-0.05, 0) is 49.7 Å². The van der Waals surface area contributed by atoms with Gasteiger partial charge in [-0.25, -0.2) is 4.98 Å². The number of aryl methyl sites for hydroxylation is 1. The number of piperazine rings is 1. The van der Waals surface area contributed by atoms with Crippen LogP contribution in [-0.4, -0.2) is 58.5 Å². The van der Waals surface area contributed by atoms with E-state index >= 15 is 0 Å². The van der Waals surface area contributed by atoms with Crippen LogP contribution in [0.4, 0.5) is 0 Å². The van der Waals surface area contributed by atoms with Gasteiger partial charge < -0.3 is 9.64 Å².